The Hall–Kier alpha value is -2.08. The summed E-state index contributed by atoms with van der Waals surface area (Å²) in [5.41, 5.74) is 1.75. The second-order valence-corrected chi connectivity index (χ2v) is 7.07. The average molecular weight is 346 g/mol. The van der Waals surface area contributed by atoms with E-state index in [4.69, 9.17) is 4.42 Å². The van der Waals surface area contributed by atoms with Gasteiger partial charge in [0.2, 0.25) is 5.91 Å². The van der Waals surface area contributed by atoms with Crippen LogP contribution in [0.15, 0.2) is 21.9 Å². The van der Waals surface area contributed by atoms with Crippen LogP contribution in [0, 0.1) is 13.8 Å². The van der Waals surface area contributed by atoms with Crippen LogP contribution in [0.4, 0.5) is 0 Å². The second-order valence-electron chi connectivity index (χ2n) is 6.07. The van der Waals surface area contributed by atoms with E-state index in [9.17, 15) is 9.59 Å². The van der Waals surface area contributed by atoms with Gasteiger partial charge in [-0.15, -0.1) is 11.3 Å². The molecule has 1 N–H and O–H groups in total. The summed E-state index contributed by atoms with van der Waals surface area (Å²) in [6.45, 7) is 6.36. The normalized spacial score (nSPS) is 16.8. The quantitative estimate of drug-likeness (QED) is 0.924. The maximum atomic E-state index is 12.6. The van der Waals surface area contributed by atoms with E-state index < -0.39 is 0 Å². The molecule has 0 saturated carbocycles. The zero-order valence-corrected chi connectivity index (χ0v) is 15.0. The summed E-state index contributed by atoms with van der Waals surface area (Å²) in [4.78, 5) is 28.1. The Morgan fingerprint density at radius 2 is 2.21 bits per heavy atom. The molecule has 0 unspecified atom stereocenters. The molecule has 3 rings (SSSR count). The molecule has 0 bridgehead atoms. The van der Waals surface area contributed by atoms with Gasteiger partial charge in [-0.25, -0.2) is 0 Å². The standard InChI is InChI=1S/C18H22N2O3S/c1-4-15-13-6-8-24-16(13)5-7-20(15)17(21)10-19-18(22)14-9-11(2)23-12(14)3/h6,8-9,15H,4-5,7,10H2,1-3H3,(H,19,22)/t15-/m1/s1. The van der Waals surface area contributed by atoms with Crippen molar-refractivity contribution in [2.24, 2.45) is 0 Å². The molecular formula is C18H22N2O3S. The van der Waals surface area contributed by atoms with E-state index in [2.05, 4.69) is 23.7 Å². The lowest BCUT2D eigenvalue weighted by Gasteiger charge is -2.35. The van der Waals surface area contributed by atoms with Gasteiger partial charge in [0, 0.05) is 11.4 Å². The Balaban J connectivity index is 1.65. The van der Waals surface area contributed by atoms with Crippen molar-refractivity contribution in [3.05, 3.63) is 45.0 Å². The van der Waals surface area contributed by atoms with Gasteiger partial charge in [0.15, 0.2) is 0 Å². The first-order chi connectivity index (χ1) is 11.5. The molecule has 2 aromatic heterocycles. The van der Waals surface area contributed by atoms with E-state index in [-0.39, 0.29) is 24.4 Å². The van der Waals surface area contributed by atoms with Gasteiger partial charge >= 0.3 is 0 Å². The number of carbonyl (C=O) groups excluding carboxylic acids is 2. The van der Waals surface area contributed by atoms with Crippen molar-refractivity contribution in [3.63, 3.8) is 0 Å². The van der Waals surface area contributed by atoms with Gasteiger partial charge in [-0.3, -0.25) is 9.59 Å². The predicted molar refractivity (Wildman–Crippen MR) is 93.3 cm³/mol. The van der Waals surface area contributed by atoms with Crippen molar-refractivity contribution in [3.8, 4) is 0 Å². The summed E-state index contributed by atoms with van der Waals surface area (Å²) in [5, 5.41) is 4.82. The minimum atomic E-state index is -0.265. The van der Waals surface area contributed by atoms with Crippen molar-refractivity contribution < 1.29 is 14.0 Å². The van der Waals surface area contributed by atoms with E-state index in [1.165, 1.54) is 10.4 Å². The molecule has 24 heavy (non-hydrogen) atoms. The first-order valence-corrected chi connectivity index (χ1v) is 9.10. The minimum Gasteiger partial charge on any atom is -0.466 e. The molecule has 3 heterocycles. The minimum absolute atomic E-state index is 0.0124. The number of carbonyl (C=O) groups is 2. The Morgan fingerprint density at radius 1 is 1.42 bits per heavy atom. The summed E-state index contributed by atoms with van der Waals surface area (Å²) in [5.74, 6) is 0.963. The van der Waals surface area contributed by atoms with E-state index in [0.717, 1.165) is 12.8 Å². The topological polar surface area (TPSA) is 62.6 Å². The number of nitrogens with one attached hydrogen (secondary N) is 1. The van der Waals surface area contributed by atoms with Crippen molar-refractivity contribution in [1.82, 2.24) is 10.2 Å². The molecule has 0 aliphatic carbocycles. The number of furan rings is 1. The van der Waals surface area contributed by atoms with Gasteiger partial charge in [0.1, 0.15) is 11.5 Å². The summed E-state index contributed by atoms with van der Waals surface area (Å²) in [6.07, 6.45) is 1.77. The van der Waals surface area contributed by atoms with Crippen LogP contribution in [0.3, 0.4) is 0 Å². The van der Waals surface area contributed by atoms with Gasteiger partial charge in [0.05, 0.1) is 18.2 Å². The molecule has 0 fully saturated rings. The highest BCUT2D eigenvalue weighted by Gasteiger charge is 2.30. The van der Waals surface area contributed by atoms with Gasteiger partial charge in [-0.1, -0.05) is 6.92 Å². The number of amides is 2. The molecule has 5 nitrogen and oxygen atoms in total. The van der Waals surface area contributed by atoms with Gasteiger partial charge < -0.3 is 14.6 Å². The SMILES string of the molecule is CC[C@@H]1c2ccsc2CCN1C(=O)CNC(=O)c1cc(C)oc1C. The van der Waals surface area contributed by atoms with Crippen LogP contribution < -0.4 is 5.32 Å². The number of rotatable bonds is 4. The summed E-state index contributed by atoms with van der Waals surface area (Å²) in [7, 11) is 0. The van der Waals surface area contributed by atoms with E-state index in [0.29, 0.717) is 23.6 Å². The number of hydrogen-bond acceptors (Lipinski definition) is 4. The van der Waals surface area contributed by atoms with Crippen LogP contribution in [-0.4, -0.2) is 29.8 Å². The van der Waals surface area contributed by atoms with Crippen molar-refractivity contribution in [1.29, 1.82) is 0 Å². The summed E-state index contributed by atoms with van der Waals surface area (Å²) < 4.78 is 5.37. The molecule has 0 aromatic carbocycles. The molecule has 1 aliphatic rings. The van der Waals surface area contributed by atoms with Crippen molar-refractivity contribution in [2.75, 3.05) is 13.1 Å². The Kier molecular flexibility index (Phi) is 4.76. The fourth-order valence-electron chi connectivity index (χ4n) is 3.34. The van der Waals surface area contributed by atoms with Crippen LogP contribution in [0.1, 0.15) is 51.7 Å². The van der Waals surface area contributed by atoms with E-state index in [1.807, 2.05) is 4.90 Å². The van der Waals surface area contributed by atoms with Crippen LogP contribution in [0.2, 0.25) is 0 Å². The molecule has 1 aliphatic heterocycles. The van der Waals surface area contributed by atoms with Crippen LogP contribution >= 0.6 is 11.3 Å². The number of thiophene rings is 1. The number of nitrogens with zero attached hydrogens (tertiary/aromatic N) is 1. The number of aryl methyl sites for hydroxylation is 2. The first-order valence-electron chi connectivity index (χ1n) is 8.22. The molecule has 0 saturated heterocycles. The maximum Gasteiger partial charge on any atom is 0.255 e. The molecule has 128 valence electrons. The Labute approximate surface area is 145 Å². The lowest BCUT2D eigenvalue weighted by molar-refractivity contribution is -0.133. The third-order valence-corrected chi connectivity index (χ3v) is 5.48. The Bertz CT molecular complexity index is 762. The Morgan fingerprint density at radius 3 is 2.88 bits per heavy atom. The lowest BCUT2D eigenvalue weighted by Crippen LogP contribution is -2.44. The molecule has 0 spiro atoms. The number of fused-ring (bicyclic) bond motifs is 1. The highest BCUT2D eigenvalue weighted by molar-refractivity contribution is 7.10. The molecule has 2 amide bonds. The fourth-order valence-corrected chi connectivity index (χ4v) is 4.27. The van der Waals surface area contributed by atoms with E-state index in [1.54, 1.807) is 31.3 Å². The highest BCUT2D eigenvalue weighted by atomic mass is 32.1. The van der Waals surface area contributed by atoms with Gasteiger partial charge in [-0.2, -0.15) is 0 Å². The largest absolute Gasteiger partial charge is 0.466 e. The van der Waals surface area contributed by atoms with Crippen LogP contribution in [0.25, 0.3) is 0 Å². The monoisotopic (exact) mass is 346 g/mol. The van der Waals surface area contributed by atoms with Crippen LogP contribution in [0.5, 0.6) is 0 Å². The fraction of sp³-hybridized carbons (Fsp3) is 0.444. The summed E-state index contributed by atoms with van der Waals surface area (Å²) >= 11 is 1.76. The highest BCUT2D eigenvalue weighted by Crippen LogP contribution is 2.35. The zero-order valence-electron chi connectivity index (χ0n) is 14.2. The molecule has 0 radical (unpaired) electrons. The van der Waals surface area contributed by atoms with Crippen LogP contribution in [-0.2, 0) is 11.2 Å². The third-order valence-electron chi connectivity index (χ3n) is 4.49. The van der Waals surface area contributed by atoms with Gasteiger partial charge in [-0.05, 0) is 49.8 Å². The van der Waals surface area contributed by atoms with Gasteiger partial charge in [0.25, 0.3) is 5.91 Å². The van der Waals surface area contributed by atoms with E-state index >= 15 is 0 Å². The molecular weight excluding hydrogens is 324 g/mol. The predicted octanol–water partition coefficient (Wildman–Crippen LogP) is 3.22. The summed E-state index contributed by atoms with van der Waals surface area (Å²) in [6, 6.07) is 3.93. The second kappa shape index (κ2) is 6.81. The molecule has 1 atom stereocenters. The molecule has 2 aromatic rings. The smallest absolute Gasteiger partial charge is 0.255 e. The first kappa shape index (κ1) is 16.8. The maximum absolute atomic E-state index is 12.6. The number of hydrogen-bond donors (Lipinski definition) is 1. The third kappa shape index (κ3) is 3.11. The molecule has 6 heteroatoms. The zero-order chi connectivity index (χ0) is 17.3. The van der Waals surface area contributed by atoms with Crippen molar-refractivity contribution in [2.45, 2.75) is 39.7 Å². The average Bonchev–Trinajstić information content (AvgIpc) is 3.17. The lowest BCUT2D eigenvalue weighted by atomic mass is 9.98. The van der Waals surface area contributed by atoms with Crippen molar-refractivity contribution >= 4 is 23.2 Å².